The van der Waals surface area contributed by atoms with Crippen LogP contribution in [0.1, 0.15) is 31.4 Å². The van der Waals surface area contributed by atoms with Crippen LogP contribution in [0.15, 0.2) is 48.5 Å². The van der Waals surface area contributed by atoms with Crippen molar-refractivity contribution in [3.05, 3.63) is 70.5 Å². The predicted octanol–water partition coefficient (Wildman–Crippen LogP) is 3.97. The van der Waals surface area contributed by atoms with Crippen molar-refractivity contribution in [1.29, 1.82) is 0 Å². The molecule has 0 spiro atoms. The summed E-state index contributed by atoms with van der Waals surface area (Å²) in [5, 5.41) is 3.42. The molecular formula is C21H24ClFN2O2. The van der Waals surface area contributed by atoms with Crippen molar-refractivity contribution in [2.24, 2.45) is 0 Å². The van der Waals surface area contributed by atoms with Crippen molar-refractivity contribution in [3.8, 4) is 0 Å². The van der Waals surface area contributed by atoms with Gasteiger partial charge in [0.05, 0.1) is 6.42 Å². The van der Waals surface area contributed by atoms with Crippen molar-refractivity contribution < 1.29 is 14.0 Å². The van der Waals surface area contributed by atoms with Gasteiger partial charge in [-0.25, -0.2) is 4.39 Å². The Kier molecular flexibility index (Phi) is 7.80. The fourth-order valence-electron chi connectivity index (χ4n) is 2.64. The van der Waals surface area contributed by atoms with Crippen molar-refractivity contribution in [2.75, 3.05) is 6.54 Å². The fraction of sp³-hybridized carbons (Fsp3) is 0.333. The van der Waals surface area contributed by atoms with Crippen LogP contribution in [0.3, 0.4) is 0 Å². The third kappa shape index (κ3) is 6.36. The Balaban J connectivity index is 2.18. The molecule has 0 fully saturated rings. The van der Waals surface area contributed by atoms with Crippen molar-refractivity contribution in [1.82, 2.24) is 10.2 Å². The molecule has 1 unspecified atom stereocenters. The monoisotopic (exact) mass is 390 g/mol. The van der Waals surface area contributed by atoms with Crippen LogP contribution >= 0.6 is 11.6 Å². The van der Waals surface area contributed by atoms with Gasteiger partial charge in [0.15, 0.2) is 0 Å². The maximum absolute atomic E-state index is 13.2. The van der Waals surface area contributed by atoms with Crippen LogP contribution in [-0.2, 0) is 22.6 Å². The lowest BCUT2D eigenvalue weighted by molar-refractivity contribution is -0.140. The van der Waals surface area contributed by atoms with Gasteiger partial charge in [-0.15, -0.1) is 0 Å². The van der Waals surface area contributed by atoms with E-state index in [0.717, 1.165) is 17.5 Å². The molecular weight excluding hydrogens is 367 g/mol. The molecule has 0 aliphatic heterocycles. The second-order valence-corrected chi connectivity index (χ2v) is 6.85. The Morgan fingerprint density at radius 2 is 1.67 bits per heavy atom. The number of hydrogen-bond acceptors (Lipinski definition) is 2. The second kappa shape index (κ2) is 10.1. The van der Waals surface area contributed by atoms with Crippen molar-refractivity contribution in [2.45, 2.75) is 39.3 Å². The number of nitrogens with zero attached hydrogens (tertiary/aromatic N) is 1. The number of benzene rings is 2. The second-order valence-electron chi connectivity index (χ2n) is 6.42. The molecule has 1 N–H and O–H groups in total. The number of halogens is 2. The average molecular weight is 391 g/mol. The molecule has 0 heterocycles. The largest absolute Gasteiger partial charge is 0.354 e. The zero-order chi connectivity index (χ0) is 19.8. The average Bonchev–Trinajstić information content (AvgIpc) is 2.66. The number of rotatable bonds is 8. The molecule has 2 amide bonds. The first-order chi connectivity index (χ1) is 12.9. The molecule has 0 saturated heterocycles. The van der Waals surface area contributed by atoms with Crippen molar-refractivity contribution >= 4 is 23.4 Å². The molecule has 4 nitrogen and oxygen atoms in total. The third-order valence-electron chi connectivity index (χ3n) is 4.25. The number of amides is 2. The van der Waals surface area contributed by atoms with Crippen LogP contribution in [0.4, 0.5) is 4.39 Å². The van der Waals surface area contributed by atoms with Crippen LogP contribution in [0.5, 0.6) is 0 Å². The predicted molar refractivity (Wildman–Crippen MR) is 105 cm³/mol. The van der Waals surface area contributed by atoms with Gasteiger partial charge in [-0.05, 0) is 48.7 Å². The van der Waals surface area contributed by atoms with Gasteiger partial charge in [-0.1, -0.05) is 42.8 Å². The highest BCUT2D eigenvalue weighted by Crippen LogP contribution is 2.15. The molecule has 2 aromatic rings. The summed E-state index contributed by atoms with van der Waals surface area (Å²) < 4.78 is 13.2. The summed E-state index contributed by atoms with van der Waals surface area (Å²) in [6.07, 6.45) is 0.971. The Bertz CT molecular complexity index is 763. The van der Waals surface area contributed by atoms with E-state index in [1.54, 1.807) is 43.3 Å². The fourth-order valence-corrected chi connectivity index (χ4v) is 2.77. The molecule has 2 rings (SSSR count). The zero-order valence-electron chi connectivity index (χ0n) is 15.5. The van der Waals surface area contributed by atoms with Gasteiger partial charge in [0.1, 0.15) is 11.9 Å². The quantitative estimate of drug-likeness (QED) is 0.741. The van der Waals surface area contributed by atoms with E-state index >= 15 is 0 Å². The van der Waals surface area contributed by atoms with Gasteiger partial charge in [0.2, 0.25) is 11.8 Å². The van der Waals surface area contributed by atoms with Crippen LogP contribution in [0.25, 0.3) is 0 Å². The van der Waals surface area contributed by atoms with E-state index in [1.165, 1.54) is 17.0 Å². The maximum atomic E-state index is 13.2. The van der Waals surface area contributed by atoms with Crippen LogP contribution < -0.4 is 5.32 Å². The van der Waals surface area contributed by atoms with E-state index in [-0.39, 0.29) is 30.6 Å². The smallest absolute Gasteiger partial charge is 0.242 e. The minimum Gasteiger partial charge on any atom is -0.354 e. The van der Waals surface area contributed by atoms with Gasteiger partial charge >= 0.3 is 0 Å². The van der Waals surface area contributed by atoms with Gasteiger partial charge in [-0.3, -0.25) is 9.59 Å². The Labute approximate surface area is 164 Å². The minimum atomic E-state index is -0.638. The van der Waals surface area contributed by atoms with Crippen molar-refractivity contribution in [3.63, 3.8) is 0 Å². The van der Waals surface area contributed by atoms with E-state index in [2.05, 4.69) is 5.32 Å². The lowest BCUT2D eigenvalue weighted by atomic mass is 10.1. The first kappa shape index (κ1) is 20.9. The van der Waals surface area contributed by atoms with E-state index in [4.69, 9.17) is 11.6 Å². The number of hydrogen-bond donors (Lipinski definition) is 1. The highest BCUT2D eigenvalue weighted by molar-refractivity contribution is 6.30. The van der Waals surface area contributed by atoms with Gasteiger partial charge < -0.3 is 10.2 Å². The molecule has 6 heteroatoms. The molecule has 0 bridgehead atoms. The molecule has 0 aliphatic rings. The first-order valence-corrected chi connectivity index (χ1v) is 9.34. The summed E-state index contributed by atoms with van der Waals surface area (Å²) in [4.78, 5) is 26.9. The third-order valence-corrected chi connectivity index (χ3v) is 4.50. The van der Waals surface area contributed by atoms with Gasteiger partial charge in [-0.2, -0.15) is 0 Å². The summed E-state index contributed by atoms with van der Waals surface area (Å²) in [7, 11) is 0. The molecule has 27 heavy (non-hydrogen) atoms. The highest BCUT2D eigenvalue weighted by atomic mass is 35.5. The number of carbonyl (C=O) groups is 2. The summed E-state index contributed by atoms with van der Waals surface area (Å²) in [5.74, 6) is -0.726. The molecule has 2 aromatic carbocycles. The molecule has 0 radical (unpaired) electrons. The van der Waals surface area contributed by atoms with E-state index in [1.807, 2.05) is 6.92 Å². The van der Waals surface area contributed by atoms with Gasteiger partial charge in [0.25, 0.3) is 0 Å². The Morgan fingerprint density at radius 3 is 2.26 bits per heavy atom. The van der Waals surface area contributed by atoms with E-state index in [9.17, 15) is 14.0 Å². The van der Waals surface area contributed by atoms with Crippen LogP contribution in [-0.4, -0.2) is 29.3 Å². The van der Waals surface area contributed by atoms with E-state index < -0.39 is 6.04 Å². The Morgan fingerprint density at radius 1 is 1.07 bits per heavy atom. The normalized spacial score (nSPS) is 11.7. The standard InChI is InChI=1S/C21H24ClFN2O2/c1-3-12-24-21(27)15(2)25(14-17-6-10-19(23)11-7-17)20(26)13-16-4-8-18(22)9-5-16/h4-11,15H,3,12-14H2,1-2H3,(H,24,27). The maximum Gasteiger partial charge on any atom is 0.242 e. The van der Waals surface area contributed by atoms with E-state index in [0.29, 0.717) is 11.6 Å². The summed E-state index contributed by atoms with van der Waals surface area (Å²) in [6, 6.07) is 12.3. The molecule has 144 valence electrons. The number of carbonyl (C=O) groups excluding carboxylic acids is 2. The summed E-state index contributed by atoms with van der Waals surface area (Å²) in [5.41, 5.74) is 1.57. The molecule has 1 atom stereocenters. The minimum absolute atomic E-state index is 0.157. The molecule has 0 aliphatic carbocycles. The lowest BCUT2D eigenvalue weighted by Crippen LogP contribution is -2.48. The summed E-state index contributed by atoms with van der Waals surface area (Å²) >= 11 is 5.89. The van der Waals surface area contributed by atoms with Gasteiger partial charge in [0, 0.05) is 18.1 Å². The molecule has 0 saturated carbocycles. The Hall–Kier alpha value is -2.40. The lowest BCUT2D eigenvalue weighted by Gasteiger charge is -2.29. The van der Waals surface area contributed by atoms with Crippen LogP contribution in [0, 0.1) is 5.82 Å². The number of nitrogens with one attached hydrogen (secondary N) is 1. The first-order valence-electron chi connectivity index (χ1n) is 8.96. The van der Waals surface area contributed by atoms with Crippen LogP contribution in [0.2, 0.25) is 5.02 Å². The summed E-state index contributed by atoms with van der Waals surface area (Å²) in [6.45, 7) is 4.45. The SMILES string of the molecule is CCCNC(=O)C(C)N(Cc1ccc(F)cc1)C(=O)Cc1ccc(Cl)cc1. The highest BCUT2D eigenvalue weighted by Gasteiger charge is 2.26. The topological polar surface area (TPSA) is 49.4 Å². The zero-order valence-corrected chi connectivity index (χ0v) is 16.3. The molecule has 0 aromatic heterocycles.